The third-order valence-electron chi connectivity index (χ3n) is 10.3. The average molecular weight is 905 g/mol. The van der Waals surface area contributed by atoms with E-state index in [0.29, 0.717) is 45.9 Å². The molecule has 0 amide bonds. The zero-order valence-electron chi connectivity index (χ0n) is 27.7. The molecule has 1 fully saturated rings. The van der Waals surface area contributed by atoms with Gasteiger partial charge >= 0.3 is 12.1 Å². The van der Waals surface area contributed by atoms with Crippen molar-refractivity contribution >= 4 is 12.0 Å². The van der Waals surface area contributed by atoms with Gasteiger partial charge in [-0.3, -0.25) is 9.80 Å². The van der Waals surface area contributed by atoms with E-state index < -0.39 is 41.9 Å². The van der Waals surface area contributed by atoms with Crippen LogP contribution in [0.1, 0.15) is 56.6 Å². The number of carbonyl (C=O) groups excluding carboxylic acids is 1. The molecule has 0 saturated carbocycles. The van der Waals surface area contributed by atoms with Gasteiger partial charge in [0.15, 0.2) is 23.0 Å². The number of carbonyl (C=O) groups is 1. The van der Waals surface area contributed by atoms with E-state index in [0.717, 1.165) is 29.3 Å². The molecule has 10 nitrogen and oxygen atoms in total. The van der Waals surface area contributed by atoms with Crippen molar-refractivity contribution in [2.45, 2.75) is 63.1 Å². The van der Waals surface area contributed by atoms with Crippen molar-refractivity contribution in [2.75, 3.05) is 27.6 Å². The first kappa shape index (κ1) is 36.3. The Hall–Kier alpha value is -3.49. The fourth-order valence-electron chi connectivity index (χ4n) is 8.20. The molecule has 3 aromatic rings. The van der Waals surface area contributed by atoms with E-state index in [1.807, 2.05) is 24.9 Å². The Morgan fingerprint density at radius 1 is 1.10 bits per heavy atom. The number of methoxy groups -OCH3 is 1. The standard InChI is InChI=1S/C36H34F3N3O7.Ac/c1-17-10-20-12-23-25(14-40)42-24(30(41(23)3)28(20)32(45)33(17)46-4)13-22-29(35-34(48-16-49-35)18(2)31(22)44)26(42)15-47-27(43)9-8-19-6-5-7-21(11-19)36(37,38)39;/h5-11,23-26,30,44-45H,12-13,15-16H2,1-4H3;/b9-8+;/t23-,24?,25-,26-,30-;/m0./s1. The number of phenolic OH excluding ortho intramolecular Hbond substituents is 2. The number of esters is 1. The van der Waals surface area contributed by atoms with Crippen LogP contribution in [0.4, 0.5) is 13.2 Å². The molecule has 5 atom stereocenters. The molecule has 50 heavy (non-hydrogen) atoms. The van der Waals surface area contributed by atoms with Gasteiger partial charge in [-0.1, -0.05) is 18.2 Å². The molecule has 14 heteroatoms. The Kier molecular flexibility index (Phi) is 9.85. The van der Waals surface area contributed by atoms with Crippen LogP contribution in [-0.2, 0) is 28.5 Å². The van der Waals surface area contributed by atoms with Gasteiger partial charge in [-0.15, -0.1) is 0 Å². The van der Waals surface area contributed by atoms with Crippen molar-refractivity contribution < 1.29 is 91.2 Å². The van der Waals surface area contributed by atoms with E-state index in [1.54, 1.807) is 6.92 Å². The minimum absolute atomic E-state index is 0. The summed E-state index contributed by atoms with van der Waals surface area (Å²) in [5.41, 5.74) is 3.25. The number of piperazine rings is 1. The molecule has 259 valence electrons. The summed E-state index contributed by atoms with van der Waals surface area (Å²) in [6.07, 6.45) is -1.51. The first-order valence-corrected chi connectivity index (χ1v) is 15.8. The number of aromatic hydroxyl groups is 2. The van der Waals surface area contributed by atoms with Gasteiger partial charge in [0.1, 0.15) is 18.4 Å². The van der Waals surface area contributed by atoms with Gasteiger partial charge in [0.05, 0.1) is 30.8 Å². The van der Waals surface area contributed by atoms with Crippen molar-refractivity contribution in [2.24, 2.45) is 0 Å². The Labute approximate surface area is 322 Å². The van der Waals surface area contributed by atoms with Gasteiger partial charge < -0.3 is 29.2 Å². The molecule has 3 aromatic carbocycles. The van der Waals surface area contributed by atoms with Gasteiger partial charge in [0.25, 0.3) is 0 Å². The number of rotatable bonds is 5. The van der Waals surface area contributed by atoms with Crippen LogP contribution in [0.3, 0.4) is 0 Å². The number of likely N-dealkylation sites (N-methyl/N-ethyl adjacent to an activating group) is 1. The summed E-state index contributed by atoms with van der Waals surface area (Å²) in [5, 5.41) is 33.9. The summed E-state index contributed by atoms with van der Waals surface area (Å²) in [6, 6.07) is 6.32. The maximum Gasteiger partial charge on any atom is 0.416 e. The van der Waals surface area contributed by atoms with Gasteiger partial charge in [0.2, 0.25) is 6.79 Å². The molecule has 2 N–H and O–H groups in total. The Morgan fingerprint density at radius 2 is 1.84 bits per heavy atom. The molecule has 4 aliphatic heterocycles. The number of fused-ring (bicyclic) bond motifs is 9. The van der Waals surface area contributed by atoms with Crippen molar-refractivity contribution in [3.05, 3.63) is 80.9 Å². The second-order valence-corrected chi connectivity index (χ2v) is 12.9. The number of phenols is 2. The summed E-state index contributed by atoms with van der Waals surface area (Å²) in [6.45, 7) is 3.22. The second-order valence-electron chi connectivity index (χ2n) is 12.9. The molecule has 0 aliphatic carbocycles. The summed E-state index contributed by atoms with van der Waals surface area (Å²) >= 11 is 0. The molecule has 1 radical (unpaired) electrons. The third-order valence-corrected chi connectivity index (χ3v) is 10.3. The van der Waals surface area contributed by atoms with E-state index in [-0.39, 0.29) is 87.0 Å². The van der Waals surface area contributed by atoms with E-state index in [4.69, 9.17) is 18.9 Å². The number of halogens is 3. The van der Waals surface area contributed by atoms with Crippen LogP contribution in [0.2, 0.25) is 0 Å². The number of nitriles is 1. The maximum atomic E-state index is 13.2. The van der Waals surface area contributed by atoms with Crippen molar-refractivity contribution in [3.63, 3.8) is 0 Å². The molecule has 7 rings (SSSR count). The number of nitrogens with zero attached hydrogens (tertiary/aromatic N) is 3. The normalized spacial score (nSPS) is 23.7. The Bertz CT molecular complexity index is 1950. The van der Waals surface area contributed by atoms with Crippen LogP contribution >= 0.6 is 0 Å². The van der Waals surface area contributed by atoms with E-state index in [9.17, 15) is 33.4 Å². The number of alkyl halides is 3. The van der Waals surface area contributed by atoms with Crippen molar-refractivity contribution in [1.29, 1.82) is 5.26 Å². The van der Waals surface area contributed by atoms with E-state index in [2.05, 4.69) is 11.0 Å². The quantitative estimate of drug-likeness (QED) is 0.251. The van der Waals surface area contributed by atoms with Crippen LogP contribution in [0, 0.1) is 69.2 Å². The molecule has 4 aliphatic rings. The van der Waals surface area contributed by atoms with Crippen LogP contribution in [-0.4, -0.2) is 71.7 Å². The van der Waals surface area contributed by atoms with Crippen molar-refractivity contribution in [1.82, 2.24) is 9.80 Å². The fraction of sp³-hybridized carbons (Fsp3) is 0.389. The van der Waals surface area contributed by atoms with Gasteiger partial charge in [-0.25, -0.2) is 4.79 Å². The summed E-state index contributed by atoms with van der Waals surface area (Å²) in [4.78, 5) is 17.2. The Morgan fingerprint density at radius 3 is 2.54 bits per heavy atom. The van der Waals surface area contributed by atoms with Crippen LogP contribution < -0.4 is 14.2 Å². The first-order chi connectivity index (χ1) is 23.3. The third kappa shape index (κ3) is 5.80. The zero-order valence-corrected chi connectivity index (χ0v) is 32.5. The molecular weight excluding hydrogens is 870 g/mol. The number of hydrogen-bond acceptors (Lipinski definition) is 10. The molecule has 1 saturated heterocycles. The predicted octanol–water partition coefficient (Wildman–Crippen LogP) is 5.50. The summed E-state index contributed by atoms with van der Waals surface area (Å²) < 4.78 is 62.7. The number of aryl methyl sites for hydroxylation is 1. The average Bonchev–Trinajstić information content (AvgIpc) is 3.55. The molecule has 0 aromatic heterocycles. The topological polar surface area (TPSA) is 125 Å². The molecule has 0 spiro atoms. The van der Waals surface area contributed by atoms with Gasteiger partial charge in [-0.2, -0.15) is 18.4 Å². The monoisotopic (exact) mass is 904 g/mol. The largest absolute Gasteiger partial charge is 0.507 e. The van der Waals surface area contributed by atoms with Crippen LogP contribution in [0.5, 0.6) is 28.7 Å². The van der Waals surface area contributed by atoms with Gasteiger partial charge in [0, 0.05) is 84.5 Å². The number of hydrogen-bond donors (Lipinski definition) is 2. The molecule has 1 unspecified atom stereocenters. The predicted molar refractivity (Wildman–Crippen MR) is 169 cm³/mol. The van der Waals surface area contributed by atoms with Crippen LogP contribution in [0.25, 0.3) is 6.08 Å². The zero-order chi connectivity index (χ0) is 34.9. The van der Waals surface area contributed by atoms with Crippen LogP contribution in [0.15, 0.2) is 36.4 Å². The first-order valence-electron chi connectivity index (χ1n) is 15.8. The number of benzene rings is 3. The van der Waals surface area contributed by atoms with Crippen molar-refractivity contribution in [3.8, 4) is 34.8 Å². The summed E-state index contributed by atoms with van der Waals surface area (Å²) in [5.74, 6) is 0.322. The molecule has 2 bridgehead atoms. The van der Waals surface area contributed by atoms with E-state index in [1.165, 1.54) is 25.3 Å². The minimum Gasteiger partial charge on any atom is -0.507 e. The Balaban J connectivity index is 0.00000432. The summed E-state index contributed by atoms with van der Waals surface area (Å²) in [7, 11) is 3.41. The molecule has 4 heterocycles. The minimum atomic E-state index is -4.54. The maximum absolute atomic E-state index is 13.2. The van der Waals surface area contributed by atoms with Gasteiger partial charge in [-0.05, 0) is 68.6 Å². The smallest absolute Gasteiger partial charge is 0.416 e. The SMILES string of the molecule is COc1c(C)cc2c(c1O)[C@@H]1C3Cc4c(O)c(C)c5c(c4[C@H](COC(=O)/C=C/c4cccc(C(F)(F)F)c4)N3[C@@H](C#N)[C@H](C2)N1C)OCO5.[Ac]. The number of ether oxygens (including phenoxy) is 4. The molecular formula is C36H34AcF3N3O7. The second kappa shape index (κ2) is 13.6. The van der Waals surface area contributed by atoms with E-state index >= 15 is 0 Å². The fourth-order valence-corrected chi connectivity index (χ4v) is 8.20.